The predicted molar refractivity (Wildman–Crippen MR) is 83.6 cm³/mol. The van der Waals surface area contributed by atoms with Crippen molar-refractivity contribution in [3.63, 3.8) is 0 Å². The van der Waals surface area contributed by atoms with Crippen molar-refractivity contribution >= 4 is 0 Å². The zero-order chi connectivity index (χ0) is 14.7. The van der Waals surface area contributed by atoms with E-state index in [9.17, 15) is 0 Å². The molecule has 1 aromatic heterocycles. The van der Waals surface area contributed by atoms with E-state index < -0.39 is 0 Å². The van der Waals surface area contributed by atoms with E-state index in [0.29, 0.717) is 11.7 Å². The molecule has 0 unspecified atom stereocenters. The lowest BCUT2D eigenvalue weighted by atomic mass is 9.98. The van der Waals surface area contributed by atoms with Crippen LogP contribution in [0.3, 0.4) is 0 Å². The van der Waals surface area contributed by atoms with Crippen LogP contribution in [0.5, 0.6) is 0 Å². The highest BCUT2D eigenvalue weighted by molar-refractivity contribution is 5.67. The Morgan fingerprint density at radius 3 is 1.95 bits per heavy atom. The summed E-state index contributed by atoms with van der Waals surface area (Å²) in [5.74, 6) is 1.30. The van der Waals surface area contributed by atoms with Crippen LogP contribution in [0, 0.1) is 5.92 Å². The quantitative estimate of drug-likeness (QED) is 0.791. The van der Waals surface area contributed by atoms with E-state index in [4.69, 9.17) is 0 Å². The maximum absolute atomic E-state index is 3.98. The monoisotopic (exact) mass is 278 g/mol. The molecule has 3 rings (SSSR count). The molecule has 2 aromatic carbocycles. The van der Waals surface area contributed by atoms with Crippen molar-refractivity contribution in [3.05, 3.63) is 54.1 Å². The van der Waals surface area contributed by atoms with Crippen molar-refractivity contribution in [1.82, 2.24) is 20.6 Å². The van der Waals surface area contributed by atoms with Crippen LogP contribution in [0.4, 0.5) is 0 Å². The molecule has 0 bridgehead atoms. The summed E-state index contributed by atoms with van der Waals surface area (Å²) in [5, 5.41) is 14.0. The Hall–Kier alpha value is -2.49. The maximum Gasteiger partial charge on any atom is 0.204 e. The highest BCUT2D eigenvalue weighted by Crippen LogP contribution is 2.23. The molecule has 0 fully saturated rings. The number of tetrazole rings is 1. The number of nitrogens with zero attached hydrogens (tertiary/aromatic N) is 3. The van der Waals surface area contributed by atoms with Crippen molar-refractivity contribution in [2.75, 3.05) is 0 Å². The van der Waals surface area contributed by atoms with E-state index in [0.717, 1.165) is 12.0 Å². The van der Waals surface area contributed by atoms with Crippen LogP contribution in [0.25, 0.3) is 22.5 Å². The second kappa shape index (κ2) is 5.87. The standard InChI is InChI=1S/C17H18N4/c1-12(2)11-13-3-5-14(6-4-13)15-7-9-16(10-8-15)17-18-20-21-19-17/h3-10,12H,11H2,1-2H3,(H,18,19,20,21). The van der Waals surface area contributed by atoms with E-state index >= 15 is 0 Å². The van der Waals surface area contributed by atoms with Gasteiger partial charge in [0, 0.05) is 5.56 Å². The molecule has 0 aliphatic rings. The second-order valence-electron chi connectivity index (χ2n) is 5.61. The van der Waals surface area contributed by atoms with Crippen molar-refractivity contribution < 1.29 is 0 Å². The zero-order valence-corrected chi connectivity index (χ0v) is 12.2. The normalized spacial score (nSPS) is 11.0. The minimum Gasteiger partial charge on any atom is -0.177 e. The van der Waals surface area contributed by atoms with Gasteiger partial charge in [-0.2, -0.15) is 5.21 Å². The van der Waals surface area contributed by atoms with Crippen LogP contribution in [0.2, 0.25) is 0 Å². The third-order valence-electron chi connectivity index (χ3n) is 3.42. The Bertz CT molecular complexity index is 683. The van der Waals surface area contributed by atoms with Crippen LogP contribution >= 0.6 is 0 Å². The van der Waals surface area contributed by atoms with Crippen LogP contribution in [0.15, 0.2) is 48.5 Å². The Morgan fingerprint density at radius 1 is 0.857 bits per heavy atom. The number of rotatable bonds is 4. The Labute approximate surface area is 124 Å². The molecule has 4 heteroatoms. The Kier molecular flexibility index (Phi) is 3.77. The van der Waals surface area contributed by atoms with E-state index in [1.54, 1.807) is 0 Å². The lowest BCUT2D eigenvalue weighted by Gasteiger charge is -2.07. The van der Waals surface area contributed by atoms with Gasteiger partial charge >= 0.3 is 0 Å². The first kappa shape index (κ1) is 13.5. The first-order chi connectivity index (χ1) is 10.2. The Balaban J connectivity index is 1.80. The van der Waals surface area contributed by atoms with E-state index in [2.05, 4.69) is 70.9 Å². The van der Waals surface area contributed by atoms with Gasteiger partial charge < -0.3 is 0 Å². The summed E-state index contributed by atoms with van der Waals surface area (Å²) in [5.41, 5.74) is 4.77. The molecule has 0 saturated carbocycles. The van der Waals surface area contributed by atoms with Crippen molar-refractivity contribution in [3.8, 4) is 22.5 Å². The van der Waals surface area contributed by atoms with Crippen LogP contribution in [-0.4, -0.2) is 20.6 Å². The number of benzene rings is 2. The van der Waals surface area contributed by atoms with Crippen molar-refractivity contribution in [2.24, 2.45) is 5.92 Å². The summed E-state index contributed by atoms with van der Waals surface area (Å²) in [4.78, 5) is 0. The third kappa shape index (κ3) is 3.16. The molecule has 0 amide bonds. The number of aromatic amines is 1. The molecule has 106 valence electrons. The summed E-state index contributed by atoms with van der Waals surface area (Å²) in [6.45, 7) is 4.48. The molecule has 1 heterocycles. The van der Waals surface area contributed by atoms with Crippen LogP contribution in [0.1, 0.15) is 19.4 Å². The molecule has 0 spiro atoms. The van der Waals surface area contributed by atoms with Crippen molar-refractivity contribution in [1.29, 1.82) is 0 Å². The number of hydrogen-bond donors (Lipinski definition) is 1. The van der Waals surface area contributed by atoms with E-state index in [1.165, 1.54) is 16.7 Å². The minimum atomic E-state index is 0.619. The molecular formula is C17H18N4. The summed E-state index contributed by atoms with van der Waals surface area (Å²) >= 11 is 0. The third-order valence-corrected chi connectivity index (χ3v) is 3.42. The van der Waals surface area contributed by atoms with Gasteiger partial charge in [-0.25, -0.2) is 0 Å². The molecule has 0 saturated heterocycles. The average molecular weight is 278 g/mol. The van der Waals surface area contributed by atoms with Gasteiger partial charge in [0.05, 0.1) is 0 Å². The smallest absolute Gasteiger partial charge is 0.177 e. The minimum absolute atomic E-state index is 0.619. The van der Waals surface area contributed by atoms with Gasteiger partial charge in [0.1, 0.15) is 0 Å². The molecule has 0 radical (unpaired) electrons. The SMILES string of the molecule is CC(C)Cc1ccc(-c2ccc(-c3nn[nH]n3)cc2)cc1. The van der Waals surface area contributed by atoms with Gasteiger partial charge in [-0.3, -0.25) is 0 Å². The molecular weight excluding hydrogens is 260 g/mol. The maximum atomic E-state index is 3.98. The second-order valence-corrected chi connectivity index (χ2v) is 5.61. The molecule has 0 atom stereocenters. The number of hydrogen-bond acceptors (Lipinski definition) is 3. The summed E-state index contributed by atoms with van der Waals surface area (Å²) in [7, 11) is 0. The lowest BCUT2D eigenvalue weighted by molar-refractivity contribution is 0.647. The van der Waals surface area contributed by atoms with Gasteiger partial charge in [-0.1, -0.05) is 62.4 Å². The van der Waals surface area contributed by atoms with Crippen LogP contribution < -0.4 is 0 Å². The van der Waals surface area contributed by atoms with Gasteiger partial charge in [-0.15, -0.1) is 10.2 Å². The molecule has 1 N–H and O–H groups in total. The fourth-order valence-electron chi connectivity index (χ4n) is 2.40. The van der Waals surface area contributed by atoms with Gasteiger partial charge in [0.2, 0.25) is 5.82 Å². The van der Waals surface area contributed by atoms with Gasteiger partial charge in [0.15, 0.2) is 0 Å². The molecule has 3 aromatic rings. The molecule has 21 heavy (non-hydrogen) atoms. The summed E-state index contributed by atoms with van der Waals surface area (Å²) in [6, 6.07) is 17.0. The number of nitrogens with one attached hydrogen (secondary N) is 1. The molecule has 0 aliphatic carbocycles. The first-order valence-electron chi connectivity index (χ1n) is 7.15. The largest absolute Gasteiger partial charge is 0.204 e. The molecule has 0 aliphatic heterocycles. The van der Waals surface area contributed by atoms with Crippen molar-refractivity contribution in [2.45, 2.75) is 20.3 Å². The van der Waals surface area contributed by atoms with E-state index in [-0.39, 0.29) is 0 Å². The summed E-state index contributed by atoms with van der Waals surface area (Å²) in [6.07, 6.45) is 1.12. The van der Waals surface area contributed by atoms with E-state index in [1.807, 2.05) is 12.1 Å². The first-order valence-corrected chi connectivity index (χ1v) is 7.15. The van der Waals surface area contributed by atoms with Gasteiger partial charge in [-0.05, 0) is 34.2 Å². The van der Waals surface area contributed by atoms with Gasteiger partial charge in [0.25, 0.3) is 0 Å². The predicted octanol–water partition coefficient (Wildman–Crippen LogP) is 3.73. The number of H-pyrrole nitrogens is 1. The Morgan fingerprint density at radius 2 is 1.43 bits per heavy atom. The highest BCUT2D eigenvalue weighted by atomic mass is 15.5. The topological polar surface area (TPSA) is 54.5 Å². The number of aromatic nitrogens is 4. The fourth-order valence-corrected chi connectivity index (χ4v) is 2.40. The average Bonchev–Trinajstić information content (AvgIpc) is 3.02. The molecule has 4 nitrogen and oxygen atoms in total. The lowest BCUT2D eigenvalue weighted by Crippen LogP contribution is -1.93. The highest BCUT2D eigenvalue weighted by Gasteiger charge is 2.04. The summed E-state index contributed by atoms with van der Waals surface area (Å²) < 4.78 is 0. The van der Waals surface area contributed by atoms with Crippen LogP contribution in [-0.2, 0) is 6.42 Å². The zero-order valence-electron chi connectivity index (χ0n) is 12.2. The fraction of sp³-hybridized carbons (Fsp3) is 0.235.